The Kier molecular flexibility index (Phi) is 11.1. The van der Waals surface area contributed by atoms with Gasteiger partial charge >= 0.3 is 0 Å². The Morgan fingerprint density at radius 3 is 0.789 bits per heavy atom. The standard InChI is InChI=1S/2C17H20O2/c2*1-2-3-4-17(13-5-9-15(18)10-6-13)14-7-11-16(19)12-8-14/h2*5-12,17-19H,2-4H2,1H3. The van der Waals surface area contributed by atoms with Gasteiger partial charge in [-0.25, -0.2) is 0 Å². The monoisotopic (exact) mass is 512 g/mol. The highest BCUT2D eigenvalue weighted by molar-refractivity contribution is 5.39. The second-order valence-electron chi connectivity index (χ2n) is 9.76. The summed E-state index contributed by atoms with van der Waals surface area (Å²) in [5.41, 5.74) is 4.82. The van der Waals surface area contributed by atoms with Crippen LogP contribution in [0.5, 0.6) is 23.0 Å². The fraction of sp³-hybridized carbons (Fsp3) is 0.294. The van der Waals surface area contributed by atoms with Crippen molar-refractivity contribution in [3.05, 3.63) is 119 Å². The van der Waals surface area contributed by atoms with Crippen molar-refractivity contribution in [1.82, 2.24) is 0 Å². The van der Waals surface area contributed by atoms with Gasteiger partial charge in [-0.05, 0) is 83.6 Å². The van der Waals surface area contributed by atoms with Gasteiger partial charge in [-0.1, -0.05) is 88.1 Å². The Morgan fingerprint density at radius 1 is 0.395 bits per heavy atom. The van der Waals surface area contributed by atoms with E-state index >= 15 is 0 Å². The lowest BCUT2D eigenvalue weighted by molar-refractivity contribution is 0.473. The van der Waals surface area contributed by atoms with Crippen molar-refractivity contribution in [2.24, 2.45) is 0 Å². The summed E-state index contributed by atoms with van der Waals surface area (Å²) in [6.45, 7) is 4.37. The first kappa shape index (κ1) is 28.6. The van der Waals surface area contributed by atoms with Gasteiger partial charge in [0.25, 0.3) is 0 Å². The summed E-state index contributed by atoms with van der Waals surface area (Å²) in [6.07, 6.45) is 6.79. The smallest absolute Gasteiger partial charge is 0.115 e. The van der Waals surface area contributed by atoms with Crippen LogP contribution in [0.25, 0.3) is 0 Å². The molecule has 0 atom stereocenters. The second kappa shape index (κ2) is 14.7. The molecule has 0 aliphatic rings. The molecular formula is C34H40O4. The van der Waals surface area contributed by atoms with E-state index in [0.717, 1.165) is 38.5 Å². The Bertz CT molecular complexity index is 1010. The molecule has 0 bridgehead atoms. The van der Waals surface area contributed by atoms with Crippen LogP contribution in [0.3, 0.4) is 0 Å². The molecule has 200 valence electrons. The summed E-state index contributed by atoms with van der Waals surface area (Å²) in [5.74, 6) is 1.82. The largest absolute Gasteiger partial charge is 0.508 e. The SMILES string of the molecule is CCCCC(c1ccc(O)cc1)c1ccc(O)cc1.CCCCC(c1ccc(O)cc1)c1ccc(O)cc1. The molecule has 4 nitrogen and oxygen atoms in total. The number of hydrogen-bond donors (Lipinski definition) is 4. The third kappa shape index (κ3) is 8.58. The van der Waals surface area contributed by atoms with E-state index in [0.29, 0.717) is 34.8 Å². The lowest BCUT2D eigenvalue weighted by Crippen LogP contribution is -2.01. The topological polar surface area (TPSA) is 80.9 Å². The first-order chi connectivity index (χ1) is 18.4. The van der Waals surface area contributed by atoms with Crippen molar-refractivity contribution >= 4 is 0 Å². The summed E-state index contributed by atoms with van der Waals surface area (Å²) in [6, 6.07) is 29.6. The zero-order valence-electron chi connectivity index (χ0n) is 22.4. The molecule has 0 saturated carbocycles. The van der Waals surface area contributed by atoms with Gasteiger partial charge in [0.15, 0.2) is 0 Å². The maximum absolute atomic E-state index is 9.39. The number of rotatable bonds is 10. The minimum atomic E-state index is 0.295. The number of phenols is 4. The van der Waals surface area contributed by atoms with Crippen molar-refractivity contribution in [3.63, 3.8) is 0 Å². The Hall–Kier alpha value is -3.92. The molecule has 0 unspecified atom stereocenters. The van der Waals surface area contributed by atoms with Crippen LogP contribution in [0, 0.1) is 0 Å². The van der Waals surface area contributed by atoms with E-state index in [-0.39, 0.29) is 0 Å². The minimum absolute atomic E-state index is 0.295. The van der Waals surface area contributed by atoms with Crippen LogP contribution >= 0.6 is 0 Å². The van der Waals surface area contributed by atoms with E-state index in [1.54, 1.807) is 48.5 Å². The van der Waals surface area contributed by atoms with Crippen LogP contribution in [0.4, 0.5) is 0 Å². The van der Waals surface area contributed by atoms with Gasteiger partial charge in [0.2, 0.25) is 0 Å². The molecular weight excluding hydrogens is 472 g/mol. The molecule has 4 aromatic carbocycles. The molecule has 0 saturated heterocycles. The first-order valence-corrected chi connectivity index (χ1v) is 13.6. The van der Waals surface area contributed by atoms with Gasteiger partial charge < -0.3 is 20.4 Å². The fourth-order valence-corrected chi connectivity index (χ4v) is 4.69. The van der Waals surface area contributed by atoms with Crippen molar-refractivity contribution < 1.29 is 20.4 Å². The molecule has 4 aromatic rings. The van der Waals surface area contributed by atoms with Crippen molar-refractivity contribution in [1.29, 1.82) is 0 Å². The highest BCUT2D eigenvalue weighted by Crippen LogP contribution is 2.33. The predicted molar refractivity (Wildman–Crippen MR) is 155 cm³/mol. The highest BCUT2D eigenvalue weighted by atomic mass is 16.3. The van der Waals surface area contributed by atoms with Crippen LogP contribution < -0.4 is 0 Å². The van der Waals surface area contributed by atoms with Crippen LogP contribution in [0.1, 0.15) is 86.5 Å². The van der Waals surface area contributed by atoms with E-state index in [9.17, 15) is 20.4 Å². The summed E-state index contributed by atoms with van der Waals surface area (Å²) >= 11 is 0. The maximum atomic E-state index is 9.39. The Balaban J connectivity index is 0.000000211. The summed E-state index contributed by atoms with van der Waals surface area (Å²) in [5, 5.41) is 37.6. The number of hydrogen-bond acceptors (Lipinski definition) is 4. The third-order valence-electron chi connectivity index (χ3n) is 6.87. The molecule has 0 heterocycles. The number of benzene rings is 4. The second-order valence-corrected chi connectivity index (χ2v) is 9.76. The molecule has 4 rings (SSSR count). The van der Waals surface area contributed by atoms with E-state index in [2.05, 4.69) is 13.8 Å². The molecule has 4 heteroatoms. The van der Waals surface area contributed by atoms with Gasteiger partial charge in [-0.3, -0.25) is 0 Å². The lowest BCUT2D eigenvalue weighted by Gasteiger charge is -2.18. The van der Waals surface area contributed by atoms with Crippen LogP contribution in [-0.2, 0) is 0 Å². The van der Waals surface area contributed by atoms with Crippen molar-refractivity contribution in [3.8, 4) is 23.0 Å². The highest BCUT2D eigenvalue weighted by Gasteiger charge is 2.15. The third-order valence-corrected chi connectivity index (χ3v) is 6.87. The Labute approximate surface area is 226 Å². The van der Waals surface area contributed by atoms with E-state index in [4.69, 9.17) is 0 Å². The van der Waals surface area contributed by atoms with Crippen LogP contribution in [0.2, 0.25) is 0 Å². The molecule has 0 aliphatic carbocycles. The summed E-state index contributed by atoms with van der Waals surface area (Å²) < 4.78 is 0. The normalized spacial score (nSPS) is 10.8. The molecule has 0 aliphatic heterocycles. The average molecular weight is 513 g/mol. The summed E-state index contributed by atoms with van der Waals surface area (Å²) in [4.78, 5) is 0. The summed E-state index contributed by atoms with van der Waals surface area (Å²) in [7, 11) is 0. The molecule has 0 fully saturated rings. The van der Waals surface area contributed by atoms with Crippen LogP contribution in [0.15, 0.2) is 97.1 Å². The number of phenolic OH excluding ortho intramolecular Hbond substituents is 4. The molecule has 4 N–H and O–H groups in total. The van der Waals surface area contributed by atoms with Crippen LogP contribution in [-0.4, -0.2) is 20.4 Å². The average Bonchev–Trinajstić information content (AvgIpc) is 2.93. The van der Waals surface area contributed by atoms with E-state index in [1.807, 2.05) is 48.5 Å². The molecule has 0 spiro atoms. The van der Waals surface area contributed by atoms with Gasteiger partial charge in [0.1, 0.15) is 23.0 Å². The van der Waals surface area contributed by atoms with E-state index < -0.39 is 0 Å². The fourth-order valence-electron chi connectivity index (χ4n) is 4.69. The molecule has 38 heavy (non-hydrogen) atoms. The molecule has 0 aromatic heterocycles. The zero-order chi connectivity index (χ0) is 27.3. The van der Waals surface area contributed by atoms with Crippen molar-refractivity contribution in [2.75, 3.05) is 0 Å². The van der Waals surface area contributed by atoms with Gasteiger partial charge in [-0.15, -0.1) is 0 Å². The molecule has 0 radical (unpaired) electrons. The van der Waals surface area contributed by atoms with E-state index in [1.165, 1.54) is 22.3 Å². The minimum Gasteiger partial charge on any atom is -0.508 e. The van der Waals surface area contributed by atoms with Gasteiger partial charge in [-0.2, -0.15) is 0 Å². The van der Waals surface area contributed by atoms with Gasteiger partial charge in [0, 0.05) is 11.8 Å². The van der Waals surface area contributed by atoms with Gasteiger partial charge in [0.05, 0.1) is 0 Å². The maximum Gasteiger partial charge on any atom is 0.115 e. The quantitative estimate of drug-likeness (QED) is 0.171. The zero-order valence-corrected chi connectivity index (χ0v) is 22.4. The molecule has 0 amide bonds. The predicted octanol–water partition coefficient (Wildman–Crippen LogP) is 8.84. The van der Waals surface area contributed by atoms with Crippen molar-refractivity contribution in [2.45, 2.75) is 64.2 Å². The lowest BCUT2D eigenvalue weighted by atomic mass is 9.87. The number of unbranched alkanes of at least 4 members (excludes halogenated alkanes) is 2. The Morgan fingerprint density at radius 2 is 0.605 bits per heavy atom. The number of aromatic hydroxyl groups is 4. The first-order valence-electron chi connectivity index (χ1n) is 13.6.